The number of nitrogens with zero attached hydrogens (tertiary/aromatic N) is 1. The second kappa shape index (κ2) is 4.85. The van der Waals surface area contributed by atoms with Crippen LogP contribution in [0.4, 0.5) is 4.39 Å². The van der Waals surface area contributed by atoms with Gasteiger partial charge in [-0.1, -0.05) is 16.8 Å². The van der Waals surface area contributed by atoms with Crippen LogP contribution >= 0.6 is 11.6 Å². The van der Waals surface area contributed by atoms with Crippen molar-refractivity contribution >= 4 is 11.6 Å². The molecule has 2 rings (SSSR count). The second-order valence-electron chi connectivity index (χ2n) is 3.74. The highest BCUT2D eigenvalue weighted by Gasteiger charge is 2.17. The van der Waals surface area contributed by atoms with Crippen molar-refractivity contribution in [2.45, 2.75) is 13.3 Å². The van der Waals surface area contributed by atoms with Gasteiger partial charge in [0.15, 0.2) is 5.76 Å². The smallest absolute Gasteiger partial charge is 0.173 e. The van der Waals surface area contributed by atoms with Crippen molar-refractivity contribution in [2.75, 3.05) is 6.54 Å². The van der Waals surface area contributed by atoms with Gasteiger partial charge in [0.25, 0.3) is 0 Å². The van der Waals surface area contributed by atoms with Crippen LogP contribution in [-0.2, 0) is 6.42 Å². The molecule has 0 saturated heterocycles. The number of aromatic nitrogens is 1. The summed E-state index contributed by atoms with van der Waals surface area (Å²) in [4.78, 5) is 0. The predicted molar refractivity (Wildman–Crippen MR) is 64.4 cm³/mol. The van der Waals surface area contributed by atoms with Crippen molar-refractivity contribution < 1.29 is 8.91 Å². The molecule has 0 aliphatic carbocycles. The summed E-state index contributed by atoms with van der Waals surface area (Å²) in [6.07, 6.45) is 0.594. The Morgan fingerprint density at radius 3 is 2.94 bits per heavy atom. The number of hydrogen-bond donors (Lipinski definition) is 1. The summed E-state index contributed by atoms with van der Waals surface area (Å²) in [6, 6.07) is 4.32. The molecule has 90 valence electrons. The fourth-order valence-corrected chi connectivity index (χ4v) is 1.88. The van der Waals surface area contributed by atoms with E-state index in [4.69, 9.17) is 21.9 Å². The number of rotatable bonds is 3. The van der Waals surface area contributed by atoms with Crippen LogP contribution in [0.5, 0.6) is 0 Å². The third-order valence-electron chi connectivity index (χ3n) is 2.55. The number of benzene rings is 1. The van der Waals surface area contributed by atoms with Gasteiger partial charge in [-0.25, -0.2) is 4.39 Å². The quantitative estimate of drug-likeness (QED) is 0.916. The molecular formula is C12H12ClFN2O. The molecule has 1 heterocycles. The van der Waals surface area contributed by atoms with E-state index in [-0.39, 0.29) is 5.82 Å². The van der Waals surface area contributed by atoms with Gasteiger partial charge >= 0.3 is 0 Å². The Bertz CT molecular complexity index is 539. The molecule has 2 aromatic rings. The molecule has 0 fully saturated rings. The molecule has 5 heteroatoms. The van der Waals surface area contributed by atoms with Crippen LogP contribution in [0.3, 0.4) is 0 Å². The Hall–Kier alpha value is -1.39. The van der Waals surface area contributed by atoms with Crippen molar-refractivity contribution in [3.8, 4) is 11.3 Å². The number of halogens is 2. The highest BCUT2D eigenvalue weighted by Crippen LogP contribution is 2.30. The second-order valence-corrected chi connectivity index (χ2v) is 4.17. The molecule has 0 bridgehead atoms. The minimum absolute atomic E-state index is 0.321. The molecule has 3 nitrogen and oxygen atoms in total. The molecule has 0 atom stereocenters. The maximum atomic E-state index is 13.7. The summed E-state index contributed by atoms with van der Waals surface area (Å²) in [5.41, 5.74) is 7.39. The Kier molecular flexibility index (Phi) is 3.45. The third-order valence-corrected chi connectivity index (χ3v) is 2.79. The van der Waals surface area contributed by atoms with Crippen molar-refractivity contribution in [1.82, 2.24) is 5.16 Å². The first-order valence-electron chi connectivity index (χ1n) is 5.24. The zero-order chi connectivity index (χ0) is 12.4. The van der Waals surface area contributed by atoms with E-state index in [2.05, 4.69) is 5.16 Å². The van der Waals surface area contributed by atoms with E-state index < -0.39 is 0 Å². The molecule has 0 aliphatic rings. The summed E-state index contributed by atoms with van der Waals surface area (Å²) in [5, 5.41) is 4.29. The van der Waals surface area contributed by atoms with Gasteiger partial charge in [0.2, 0.25) is 0 Å². The van der Waals surface area contributed by atoms with Gasteiger partial charge in [-0.05, 0) is 38.1 Å². The average molecular weight is 255 g/mol. The van der Waals surface area contributed by atoms with Crippen LogP contribution in [0.25, 0.3) is 11.3 Å². The molecule has 0 spiro atoms. The van der Waals surface area contributed by atoms with Crippen molar-refractivity contribution in [1.29, 1.82) is 0 Å². The van der Waals surface area contributed by atoms with Crippen molar-refractivity contribution in [3.05, 3.63) is 40.3 Å². The van der Waals surface area contributed by atoms with Crippen LogP contribution in [0.1, 0.15) is 11.3 Å². The lowest BCUT2D eigenvalue weighted by Gasteiger charge is -2.03. The van der Waals surface area contributed by atoms with Gasteiger partial charge in [-0.2, -0.15) is 0 Å². The molecule has 17 heavy (non-hydrogen) atoms. The van der Waals surface area contributed by atoms with Crippen LogP contribution < -0.4 is 5.73 Å². The lowest BCUT2D eigenvalue weighted by Crippen LogP contribution is -2.04. The zero-order valence-electron chi connectivity index (χ0n) is 9.34. The highest BCUT2D eigenvalue weighted by molar-refractivity contribution is 6.30. The van der Waals surface area contributed by atoms with Crippen molar-refractivity contribution in [3.63, 3.8) is 0 Å². The minimum atomic E-state index is -0.385. The Morgan fingerprint density at radius 2 is 2.24 bits per heavy atom. The Labute approximate surface area is 103 Å². The maximum absolute atomic E-state index is 13.7. The summed E-state index contributed by atoms with van der Waals surface area (Å²) >= 11 is 5.85. The molecular weight excluding hydrogens is 243 g/mol. The van der Waals surface area contributed by atoms with Crippen LogP contribution in [-0.4, -0.2) is 11.7 Å². The normalized spacial score (nSPS) is 10.8. The molecule has 0 unspecified atom stereocenters. The largest absolute Gasteiger partial charge is 0.356 e. The monoisotopic (exact) mass is 254 g/mol. The Morgan fingerprint density at radius 1 is 1.47 bits per heavy atom. The first kappa shape index (κ1) is 12.1. The summed E-state index contributed by atoms with van der Waals surface area (Å²) < 4.78 is 18.9. The molecule has 1 aromatic carbocycles. The summed E-state index contributed by atoms with van der Waals surface area (Å²) in [6.45, 7) is 2.26. The van der Waals surface area contributed by atoms with E-state index in [0.29, 0.717) is 29.3 Å². The van der Waals surface area contributed by atoms with Gasteiger partial charge < -0.3 is 10.3 Å². The number of nitrogens with two attached hydrogens (primary N) is 1. The standard InChI is InChI=1S/C12H12ClFN2O/c1-7-9(4-5-15)12(17-16-7)10-6-8(13)2-3-11(10)14/h2-3,6H,4-5,15H2,1H3. The van der Waals surface area contributed by atoms with E-state index in [0.717, 1.165) is 11.3 Å². The SMILES string of the molecule is Cc1noc(-c2cc(Cl)ccc2F)c1CCN. The maximum Gasteiger partial charge on any atom is 0.173 e. The topological polar surface area (TPSA) is 52.0 Å². The summed E-state index contributed by atoms with van der Waals surface area (Å²) in [5.74, 6) is 0.0248. The number of aryl methyl sites for hydroxylation is 1. The third kappa shape index (κ3) is 2.33. The van der Waals surface area contributed by atoms with E-state index in [1.807, 2.05) is 0 Å². The summed E-state index contributed by atoms with van der Waals surface area (Å²) in [7, 11) is 0. The fourth-order valence-electron chi connectivity index (χ4n) is 1.71. The zero-order valence-corrected chi connectivity index (χ0v) is 10.1. The molecule has 0 saturated carbocycles. The van der Waals surface area contributed by atoms with Gasteiger partial charge in [0.05, 0.1) is 11.3 Å². The predicted octanol–water partition coefficient (Wildman–Crippen LogP) is 2.94. The van der Waals surface area contributed by atoms with Crippen LogP contribution in [0.2, 0.25) is 5.02 Å². The van der Waals surface area contributed by atoms with Gasteiger partial charge in [0.1, 0.15) is 5.82 Å². The van der Waals surface area contributed by atoms with E-state index in [9.17, 15) is 4.39 Å². The first-order valence-corrected chi connectivity index (χ1v) is 5.62. The van der Waals surface area contributed by atoms with E-state index >= 15 is 0 Å². The fraction of sp³-hybridized carbons (Fsp3) is 0.250. The molecule has 0 radical (unpaired) electrons. The molecule has 1 aromatic heterocycles. The minimum Gasteiger partial charge on any atom is -0.356 e. The average Bonchev–Trinajstić information content (AvgIpc) is 2.65. The van der Waals surface area contributed by atoms with Crippen LogP contribution in [0, 0.1) is 12.7 Å². The van der Waals surface area contributed by atoms with Gasteiger partial charge in [-0.3, -0.25) is 0 Å². The van der Waals surface area contributed by atoms with E-state index in [1.165, 1.54) is 18.2 Å². The molecule has 0 amide bonds. The lowest BCUT2D eigenvalue weighted by atomic mass is 10.0. The highest BCUT2D eigenvalue weighted by atomic mass is 35.5. The Balaban J connectivity index is 2.56. The van der Waals surface area contributed by atoms with E-state index in [1.54, 1.807) is 6.92 Å². The van der Waals surface area contributed by atoms with Crippen molar-refractivity contribution in [2.24, 2.45) is 5.73 Å². The molecule has 2 N–H and O–H groups in total. The lowest BCUT2D eigenvalue weighted by molar-refractivity contribution is 0.424. The van der Waals surface area contributed by atoms with Gasteiger partial charge in [0, 0.05) is 10.6 Å². The van der Waals surface area contributed by atoms with Crippen LogP contribution in [0.15, 0.2) is 22.7 Å². The first-order chi connectivity index (χ1) is 8.13. The van der Waals surface area contributed by atoms with Gasteiger partial charge in [-0.15, -0.1) is 0 Å². The molecule has 0 aliphatic heterocycles. The number of hydrogen-bond acceptors (Lipinski definition) is 3.